The van der Waals surface area contributed by atoms with Gasteiger partial charge in [0.15, 0.2) is 0 Å². The number of imidazole rings is 1. The molecule has 0 aliphatic heterocycles. The van der Waals surface area contributed by atoms with Crippen molar-refractivity contribution in [1.29, 1.82) is 0 Å². The molecule has 0 unspecified atom stereocenters. The number of hydrogen-bond acceptors (Lipinski definition) is 5. The van der Waals surface area contributed by atoms with E-state index in [1.165, 1.54) is 5.56 Å². The summed E-state index contributed by atoms with van der Waals surface area (Å²) in [7, 11) is 0. The first kappa shape index (κ1) is 20.2. The Morgan fingerprint density at radius 1 is 0.875 bits per heavy atom. The number of nitrogens with zero attached hydrogens (tertiary/aromatic N) is 4. The summed E-state index contributed by atoms with van der Waals surface area (Å²) in [6.07, 6.45) is 2.85. The van der Waals surface area contributed by atoms with E-state index in [1.807, 2.05) is 60.1 Å². The molecule has 0 aliphatic carbocycles. The number of benzene rings is 2. The molecule has 160 valence electrons. The Labute approximate surface area is 186 Å². The Morgan fingerprint density at radius 2 is 1.66 bits per heavy atom. The molecule has 3 aromatic heterocycles. The quantitative estimate of drug-likeness (QED) is 0.372. The summed E-state index contributed by atoms with van der Waals surface area (Å²) in [6, 6.07) is 24.6. The molecule has 6 nitrogen and oxygen atoms in total. The van der Waals surface area contributed by atoms with Crippen molar-refractivity contribution in [2.75, 3.05) is 6.54 Å². The smallest absolute Gasteiger partial charge is 0.240 e. The van der Waals surface area contributed by atoms with Crippen LogP contribution < -0.4 is 10.1 Å². The molecule has 0 amide bonds. The number of rotatable bonds is 8. The van der Waals surface area contributed by atoms with Crippen molar-refractivity contribution in [3.05, 3.63) is 102 Å². The molecule has 5 aromatic rings. The molecule has 5 rings (SSSR count). The molecule has 0 saturated heterocycles. The van der Waals surface area contributed by atoms with Gasteiger partial charge in [0.25, 0.3) is 0 Å². The second kappa shape index (κ2) is 9.16. The van der Waals surface area contributed by atoms with Crippen LogP contribution in [0.3, 0.4) is 0 Å². The van der Waals surface area contributed by atoms with Crippen LogP contribution in [0.15, 0.2) is 79.0 Å². The Hall–Kier alpha value is -3.77. The lowest BCUT2D eigenvalue weighted by Gasteiger charge is -2.11. The molecule has 6 heteroatoms. The van der Waals surface area contributed by atoms with E-state index in [0.29, 0.717) is 12.5 Å². The summed E-state index contributed by atoms with van der Waals surface area (Å²) < 4.78 is 7.97. The fourth-order valence-corrected chi connectivity index (χ4v) is 3.84. The monoisotopic (exact) mass is 423 g/mol. The van der Waals surface area contributed by atoms with Gasteiger partial charge in [-0.1, -0.05) is 54.6 Å². The highest BCUT2D eigenvalue weighted by Gasteiger charge is 2.12. The first-order chi connectivity index (χ1) is 15.8. The first-order valence-electron chi connectivity index (χ1n) is 10.8. The predicted octanol–water partition coefficient (Wildman–Crippen LogP) is 4.50. The summed E-state index contributed by atoms with van der Waals surface area (Å²) in [6.45, 7) is 3.93. The SMILES string of the molecule is Cc1ncc2c3ccccc3c(OCc3cccc(CNCCc4ccccc4)n3)nn12. The standard InChI is InChI=1S/C26H25N5O/c1-19-28-17-25-23-12-5-6-13-24(23)26(30-31(19)25)32-18-22-11-7-10-21(29-22)16-27-15-14-20-8-3-2-4-9-20/h2-13,17,27H,14-16,18H2,1H3. The van der Waals surface area contributed by atoms with Crippen molar-refractivity contribution < 1.29 is 4.74 Å². The van der Waals surface area contributed by atoms with E-state index in [0.717, 1.165) is 53.0 Å². The molecular formula is C26H25N5O. The van der Waals surface area contributed by atoms with Gasteiger partial charge in [-0.25, -0.2) is 9.50 Å². The van der Waals surface area contributed by atoms with Crippen LogP contribution in [-0.2, 0) is 19.6 Å². The van der Waals surface area contributed by atoms with Gasteiger partial charge in [-0.3, -0.25) is 4.98 Å². The summed E-state index contributed by atoms with van der Waals surface area (Å²) in [5, 5.41) is 10.2. The maximum absolute atomic E-state index is 6.13. The van der Waals surface area contributed by atoms with Gasteiger partial charge < -0.3 is 10.1 Å². The maximum Gasteiger partial charge on any atom is 0.240 e. The molecule has 0 atom stereocenters. The highest BCUT2D eigenvalue weighted by Crippen LogP contribution is 2.27. The van der Waals surface area contributed by atoms with Gasteiger partial charge in [0.05, 0.1) is 23.1 Å². The van der Waals surface area contributed by atoms with Crippen molar-refractivity contribution in [3.63, 3.8) is 0 Å². The van der Waals surface area contributed by atoms with Crippen LogP contribution in [0.4, 0.5) is 0 Å². The van der Waals surface area contributed by atoms with Crippen LogP contribution >= 0.6 is 0 Å². The van der Waals surface area contributed by atoms with E-state index in [-0.39, 0.29) is 0 Å². The minimum Gasteiger partial charge on any atom is -0.470 e. The molecule has 0 aliphatic rings. The second-order valence-corrected chi connectivity index (χ2v) is 7.77. The zero-order valence-corrected chi connectivity index (χ0v) is 18.0. The van der Waals surface area contributed by atoms with Crippen LogP contribution in [0.5, 0.6) is 5.88 Å². The topological polar surface area (TPSA) is 64.3 Å². The third-order valence-electron chi connectivity index (χ3n) is 5.49. The van der Waals surface area contributed by atoms with Crippen molar-refractivity contribution in [1.82, 2.24) is 24.9 Å². The van der Waals surface area contributed by atoms with Gasteiger partial charge in [0.2, 0.25) is 5.88 Å². The number of aryl methyl sites for hydroxylation is 1. The first-order valence-corrected chi connectivity index (χ1v) is 10.8. The highest BCUT2D eigenvalue weighted by molar-refractivity contribution is 5.98. The minimum absolute atomic E-state index is 0.355. The molecule has 3 heterocycles. The number of aromatic nitrogens is 4. The van der Waals surface area contributed by atoms with Crippen LogP contribution in [0, 0.1) is 6.92 Å². The normalized spacial score (nSPS) is 11.3. The number of hydrogen-bond donors (Lipinski definition) is 1. The molecule has 32 heavy (non-hydrogen) atoms. The lowest BCUT2D eigenvalue weighted by molar-refractivity contribution is 0.288. The van der Waals surface area contributed by atoms with Gasteiger partial charge in [-0.05, 0) is 43.7 Å². The fraction of sp³-hybridized carbons (Fsp3) is 0.192. The summed E-state index contributed by atoms with van der Waals surface area (Å²) in [5.41, 5.74) is 4.19. The number of fused-ring (bicyclic) bond motifs is 3. The number of pyridine rings is 1. The van der Waals surface area contributed by atoms with Gasteiger partial charge in [-0.15, -0.1) is 5.10 Å². The van der Waals surface area contributed by atoms with Gasteiger partial charge in [0, 0.05) is 17.3 Å². The lowest BCUT2D eigenvalue weighted by Crippen LogP contribution is -2.18. The highest BCUT2D eigenvalue weighted by atomic mass is 16.5. The van der Waals surface area contributed by atoms with Gasteiger partial charge in [0.1, 0.15) is 12.4 Å². The molecular weight excluding hydrogens is 398 g/mol. The molecule has 0 radical (unpaired) electrons. The molecule has 0 saturated carbocycles. The van der Waals surface area contributed by atoms with Crippen LogP contribution in [0.1, 0.15) is 22.8 Å². The third-order valence-corrected chi connectivity index (χ3v) is 5.49. The Bertz CT molecular complexity index is 1350. The van der Waals surface area contributed by atoms with Gasteiger partial charge >= 0.3 is 0 Å². The van der Waals surface area contributed by atoms with Crippen LogP contribution in [0.2, 0.25) is 0 Å². The van der Waals surface area contributed by atoms with Crippen molar-refractivity contribution >= 4 is 16.3 Å². The third kappa shape index (κ3) is 4.31. The predicted molar refractivity (Wildman–Crippen MR) is 126 cm³/mol. The van der Waals surface area contributed by atoms with E-state index in [4.69, 9.17) is 9.72 Å². The number of ether oxygens (including phenoxy) is 1. The van der Waals surface area contributed by atoms with E-state index in [9.17, 15) is 0 Å². The second-order valence-electron chi connectivity index (χ2n) is 7.77. The molecule has 0 fully saturated rings. The average Bonchev–Trinajstić information content (AvgIpc) is 3.22. The van der Waals surface area contributed by atoms with E-state index < -0.39 is 0 Å². The van der Waals surface area contributed by atoms with E-state index in [2.05, 4.69) is 45.7 Å². The Kier molecular flexibility index (Phi) is 5.77. The van der Waals surface area contributed by atoms with Crippen molar-refractivity contribution in [3.8, 4) is 5.88 Å². The van der Waals surface area contributed by atoms with Crippen molar-refractivity contribution in [2.45, 2.75) is 26.5 Å². The molecule has 2 aromatic carbocycles. The Morgan fingerprint density at radius 3 is 2.53 bits per heavy atom. The zero-order chi connectivity index (χ0) is 21.8. The molecule has 1 N–H and O–H groups in total. The van der Waals surface area contributed by atoms with E-state index in [1.54, 1.807) is 0 Å². The molecule has 0 spiro atoms. The fourth-order valence-electron chi connectivity index (χ4n) is 3.84. The summed E-state index contributed by atoms with van der Waals surface area (Å²) >= 11 is 0. The molecule has 0 bridgehead atoms. The van der Waals surface area contributed by atoms with Crippen LogP contribution in [-0.4, -0.2) is 26.1 Å². The maximum atomic E-state index is 6.13. The lowest BCUT2D eigenvalue weighted by atomic mass is 10.1. The zero-order valence-electron chi connectivity index (χ0n) is 18.0. The summed E-state index contributed by atoms with van der Waals surface area (Å²) in [4.78, 5) is 9.15. The largest absolute Gasteiger partial charge is 0.470 e. The van der Waals surface area contributed by atoms with Crippen molar-refractivity contribution in [2.24, 2.45) is 0 Å². The van der Waals surface area contributed by atoms with Crippen LogP contribution in [0.25, 0.3) is 16.3 Å². The van der Waals surface area contributed by atoms with E-state index >= 15 is 0 Å². The van der Waals surface area contributed by atoms with Gasteiger partial charge in [-0.2, -0.15) is 0 Å². The summed E-state index contributed by atoms with van der Waals surface area (Å²) in [5.74, 6) is 1.42. The average molecular weight is 424 g/mol. The number of nitrogens with one attached hydrogen (secondary N) is 1. The Balaban J connectivity index is 1.26. The minimum atomic E-state index is 0.355.